The molecule has 2 heterocycles. The van der Waals surface area contributed by atoms with Gasteiger partial charge in [-0.1, -0.05) is 71.9 Å². The SMILES string of the molecule is C[n+]1cc2cc(CC(OCCC(=O)O/N=C(\C(=O)O)c3csc(NC(=O)OC(C)(C)C)n3)C(NC(=O)OC(C)(C)C)OC(c3ccccc3)c3ccccc3)ccc2[nH]1. The molecule has 312 valence electrons. The van der Waals surface area contributed by atoms with Crippen molar-refractivity contribution in [3.8, 4) is 0 Å². The minimum atomic E-state index is -1.52. The summed E-state index contributed by atoms with van der Waals surface area (Å²) in [4.78, 5) is 59.7. The van der Waals surface area contributed by atoms with E-state index in [0.717, 1.165) is 38.9 Å². The van der Waals surface area contributed by atoms with Crippen LogP contribution in [0.4, 0.5) is 14.7 Å². The first-order valence-electron chi connectivity index (χ1n) is 18.7. The summed E-state index contributed by atoms with van der Waals surface area (Å²) in [7, 11) is 1.88. The van der Waals surface area contributed by atoms with Gasteiger partial charge in [0.1, 0.15) is 34.6 Å². The minimum absolute atomic E-state index is 0.0528. The monoisotopic (exact) mass is 829 g/mol. The van der Waals surface area contributed by atoms with Gasteiger partial charge in [0.2, 0.25) is 11.9 Å². The number of aromatic amines is 1. The number of oxime groups is 1. The molecule has 3 aromatic carbocycles. The zero-order chi connectivity index (χ0) is 42.7. The van der Waals surface area contributed by atoms with Crippen molar-refractivity contribution < 1.29 is 52.8 Å². The van der Waals surface area contributed by atoms with Gasteiger partial charge in [-0.15, -0.1) is 16.0 Å². The highest BCUT2D eigenvalue weighted by atomic mass is 32.1. The molecule has 16 nitrogen and oxygen atoms in total. The maximum atomic E-state index is 13.4. The van der Waals surface area contributed by atoms with Crippen molar-refractivity contribution in [1.29, 1.82) is 0 Å². The highest BCUT2D eigenvalue weighted by Gasteiger charge is 2.32. The average Bonchev–Trinajstić information content (AvgIpc) is 3.77. The molecule has 0 spiro atoms. The Bertz CT molecular complexity index is 2210. The van der Waals surface area contributed by atoms with Crippen molar-refractivity contribution in [1.82, 2.24) is 15.4 Å². The third kappa shape index (κ3) is 13.7. The number of nitrogens with zero attached hydrogens (tertiary/aromatic N) is 3. The molecule has 5 aromatic rings. The van der Waals surface area contributed by atoms with E-state index in [-0.39, 0.29) is 30.3 Å². The van der Waals surface area contributed by atoms with Crippen LogP contribution in [0, 0.1) is 0 Å². The number of hydrogen-bond acceptors (Lipinski definition) is 12. The van der Waals surface area contributed by atoms with E-state index in [0.29, 0.717) is 0 Å². The number of carboxylic acid groups (broad SMARTS) is 1. The number of carbonyl (C=O) groups excluding carboxylic acids is 3. The van der Waals surface area contributed by atoms with Crippen LogP contribution < -0.4 is 15.3 Å². The van der Waals surface area contributed by atoms with E-state index in [4.69, 9.17) is 23.8 Å². The summed E-state index contributed by atoms with van der Waals surface area (Å²) < 4.78 is 25.9. The third-order valence-electron chi connectivity index (χ3n) is 8.10. The average molecular weight is 830 g/mol. The predicted octanol–water partition coefficient (Wildman–Crippen LogP) is 6.80. The van der Waals surface area contributed by atoms with Gasteiger partial charge in [0.05, 0.1) is 18.4 Å². The van der Waals surface area contributed by atoms with Gasteiger partial charge >= 0.3 is 24.1 Å². The molecule has 0 fully saturated rings. The molecular weight excluding hydrogens is 781 g/mol. The number of carbonyl (C=O) groups is 4. The lowest BCUT2D eigenvalue weighted by molar-refractivity contribution is -0.724. The number of H-pyrrole nitrogens is 1. The molecule has 0 aliphatic carbocycles. The second-order valence-electron chi connectivity index (χ2n) is 15.4. The molecule has 4 N–H and O–H groups in total. The number of thiazole rings is 1. The maximum absolute atomic E-state index is 13.4. The number of fused-ring (bicyclic) bond motifs is 1. The van der Waals surface area contributed by atoms with Crippen LogP contribution >= 0.6 is 11.3 Å². The first-order chi connectivity index (χ1) is 27.9. The van der Waals surface area contributed by atoms with E-state index in [1.807, 2.05) is 96.8 Å². The van der Waals surface area contributed by atoms with Crippen molar-refractivity contribution in [3.05, 3.63) is 113 Å². The van der Waals surface area contributed by atoms with E-state index in [2.05, 4.69) is 25.9 Å². The van der Waals surface area contributed by atoms with Gasteiger partial charge in [0.25, 0.3) is 0 Å². The highest BCUT2D eigenvalue weighted by molar-refractivity contribution is 7.14. The van der Waals surface area contributed by atoms with E-state index in [9.17, 15) is 24.3 Å². The molecule has 2 unspecified atom stereocenters. The van der Waals surface area contributed by atoms with Gasteiger partial charge < -0.3 is 28.9 Å². The Balaban J connectivity index is 1.38. The molecule has 0 aliphatic rings. The van der Waals surface area contributed by atoms with Gasteiger partial charge in [-0.2, -0.15) is 5.10 Å². The lowest BCUT2D eigenvalue weighted by atomic mass is 10.0. The molecule has 2 amide bonds. The van der Waals surface area contributed by atoms with E-state index in [1.54, 1.807) is 41.5 Å². The molecule has 2 atom stereocenters. The summed E-state index contributed by atoms with van der Waals surface area (Å²) in [5.41, 5.74) is 0.994. The molecule has 0 bridgehead atoms. The third-order valence-corrected chi connectivity index (χ3v) is 8.86. The van der Waals surface area contributed by atoms with Crippen molar-refractivity contribution in [2.24, 2.45) is 12.2 Å². The Morgan fingerprint density at radius 2 is 1.53 bits per heavy atom. The molecule has 0 radical (unpaired) electrons. The van der Waals surface area contributed by atoms with Crippen LogP contribution in [0.1, 0.15) is 76.5 Å². The fourth-order valence-electron chi connectivity index (χ4n) is 5.72. The molecule has 0 saturated heterocycles. The Hall–Kier alpha value is -6.17. The second kappa shape index (κ2) is 19.5. The molecule has 59 heavy (non-hydrogen) atoms. The van der Waals surface area contributed by atoms with Crippen LogP contribution in [0.5, 0.6) is 0 Å². The van der Waals surface area contributed by atoms with Crippen molar-refractivity contribution in [3.63, 3.8) is 0 Å². The number of anilines is 1. The Kier molecular flexibility index (Phi) is 14.5. The number of amides is 2. The van der Waals surface area contributed by atoms with Gasteiger partial charge in [0, 0.05) is 11.8 Å². The molecular formula is C42H49N6O10S+. The zero-order valence-corrected chi connectivity index (χ0v) is 34.7. The Morgan fingerprint density at radius 1 is 0.898 bits per heavy atom. The van der Waals surface area contributed by atoms with Crippen molar-refractivity contribution >= 4 is 57.2 Å². The van der Waals surface area contributed by atoms with E-state index >= 15 is 0 Å². The number of aliphatic carboxylic acids is 1. The van der Waals surface area contributed by atoms with Crippen LogP contribution in [0.3, 0.4) is 0 Å². The molecule has 5 rings (SSSR count). The van der Waals surface area contributed by atoms with Crippen molar-refractivity contribution in [2.45, 2.75) is 84.0 Å². The summed E-state index contributed by atoms with van der Waals surface area (Å²) in [5.74, 6) is -2.43. The van der Waals surface area contributed by atoms with Gasteiger partial charge in [0.15, 0.2) is 18.4 Å². The number of benzene rings is 3. The second-order valence-corrected chi connectivity index (χ2v) is 16.3. The van der Waals surface area contributed by atoms with Crippen LogP contribution in [0.25, 0.3) is 10.9 Å². The topological polar surface area (TPSA) is 204 Å². The first kappa shape index (κ1) is 43.9. The predicted molar refractivity (Wildman–Crippen MR) is 219 cm³/mol. The van der Waals surface area contributed by atoms with Gasteiger partial charge in [-0.25, -0.2) is 24.2 Å². The normalized spacial score (nSPS) is 13.1. The quantitative estimate of drug-likeness (QED) is 0.0268. The number of carboxylic acids is 1. The number of nitrogens with one attached hydrogen (secondary N) is 3. The lowest BCUT2D eigenvalue weighted by Gasteiger charge is -2.33. The number of aromatic nitrogens is 3. The Morgan fingerprint density at radius 3 is 2.14 bits per heavy atom. The number of alkyl carbamates (subject to hydrolysis) is 1. The van der Waals surface area contributed by atoms with Crippen molar-refractivity contribution in [2.75, 3.05) is 11.9 Å². The van der Waals surface area contributed by atoms with Crippen LogP contribution in [-0.2, 0) is 46.8 Å². The number of aryl methyl sites for hydroxylation is 1. The largest absolute Gasteiger partial charge is 0.476 e. The Labute approximate surface area is 345 Å². The minimum Gasteiger partial charge on any atom is -0.476 e. The summed E-state index contributed by atoms with van der Waals surface area (Å²) in [6.07, 6.45) is -2.41. The van der Waals surface area contributed by atoms with E-state index in [1.165, 1.54) is 5.38 Å². The number of ether oxygens (including phenoxy) is 4. The maximum Gasteiger partial charge on any atom is 0.413 e. The molecule has 0 saturated carbocycles. The molecule has 17 heteroatoms. The summed E-state index contributed by atoms with van der Waals surface area (Å²) in [6, 6.07) is 24.9. The first-order valence-corrected chi connectivity index (χ1v) is 19.6. The summed E-state index contributed by atoms with van der Waals surface area (Å²) >= 11 is 0.933. The zero-order valence-electron chi connectivity index (χ0n) is 33.9. The fourth-order valence-corrected chi connectivity index (χ4v) is 6.40. The van der Waals surface area contributed by atoms with Crippen LogP contribution in [0.15, 0.2) is 95.6 Å². The molecule has 0 aliphatic heterocycles. The molecule has 2 aromatic heterocycles. The van der Waals surface area contributed by atoms with Crippen LogP contribution in [-0.4, -0.2) is 75.2 Å². The van der Waals surface area contributed by atoms with Crippen LogP contribution in [0.2, 0.25) is 0 Å². The summed E-state index contributed by atoms with van der Waals surface area (Å²) in [5, 5.41) is 24.3. The number of hydrogen-bond donors (Lipinski definition) is 4. The standard InChI is InChI=1S/C42H48N6O10S/c1-41(2,3)56-39(52)44-36(55-35(27-14-10-8-11-15-27)28-16-12-9-13-17-28)32(23-26-18-19-30-29(22-26)24-48(7)46-30)54-21-20-33(49)58-47-34(37(50)51)31-25-59-38(43-31)45-40(53)57-42(4,5)6/h8-19,22,24-25,32,35-36H,20-21,23H2,1-7H3,(H3,43,44,45,50,51,52,53)/p+1/b47-34-. The highest BCUT2D eigenvalue weighted by Crippen LogP contribution is 2.29. The summed E-state index contributed by atoms with van der Waals surface area (Å²) in [6.45, 7) is 10.1. The number of rotatable bonds is 16. The fraction of sp³-hybridized carbons (Fsp3) is 0.357. The smallest absolute Gasteiger partial charge is 0.413 e. The van der Waals surface area contributed by atoms with Gasteiger partial charge in [-0.05, 0) is 70.4 Å². The van der Waals surface area contributed by atoms with Gasteiger partial charge in [-0.3, -0.25) is 10.6 Å². The van der Waals surface area contributed by atoms with E-state index < -0.39 is 59.5 Å². The lowest BCUT2D eigenvalue weighted by Crippen LogP contribution is -2.49.